The maximum Gasteiger partial charge on any atom is 0.297 e. The number of para-hydroxylation sites is 1. The Kier molecular flexibility index (Phi) is 3.90. The number of hydrogen-bond donors (Lipinski definition) is 1. The number of rotatable bonds is 2. The van der Waals surface area contributed by atoms with Gasteiger partial charge in [0, 0.05) is 25.0 Å². The number of fused-ring (bicyclic) bond motifs is 1. The highest BCUT2D eigenvalue weighted by Crippen LogP contribution is 2.29. The minimum absolute atomic E-state index is 0.101. The Morgan fingerprint density at radius 1 is 1.27 bits per heavy atom. The second-order valence-electron chi connectivity index (χ2n) is 5.73. The van der Waals surface area contributed by atoms with Crippen LogP contribution in [-0.4, -0.2) is 41.8 Å². The number of halogens is 3. The van der Waals surface area contributed by atoms with Crippen LogP contribution in [-0.2, 0) is 0 Å². The van der Waals surface area contributed by atoms with E-state index in [1.54, 1.807) is 29.2 Å². The first-order chi connectivity index (χ1) is 10.5. The van der Waals surface area contributed by atoms with E-state index in [1.165, 1.54) is 6.92 Å². The normalized spacial score (nSPS) is 23.0. The molecule has 0 saturated carbocycles. The van der Waals surface area contributed by atoms with Gasteiger partial charge in [-0.15, -0.1) is 0 Å². The summed E-state index contributed by atoms with van der Waals surface area (Å²) in [6.07, 6.45) is -2.76. The number of benzene rings is 1. The third kappa shape index (κ3) is 2.99. The van der Waals surface area contributed by atoms with Gasteiger partial charge in [0.1, 0.15) is 11.5 Å². The van der Waals surface area contributed by atoms with Crippen LogP contribution in [0.5, 0.6) is 0 Å². The Bertz CT molecular complexity index is 675. The van der Waals surface area contributed by atoms with Crippen molar-refractivity contribution in [3.8, 4) is 0 Å². The number of anilines is 1. The van der Waals surface area contributed by atoms with E-state index in [2.05, 4.69) is 15.3 Å². The van der Waals surface area contributed by atoms with Crippen molar-refractivity contribution in [3.05, 3.63) is 30.1 Å². The van der Waals surface area contributed by atoms with E-state index in [0.29, 0.717) is 29.8 Å². The Hall–Kier alpha value is -1.89. The molecule has 3 rings (SSSR count). The van der Waals surface area contributed by atoms with Crippen molar-refractivity contribution in [2.45, 2.75) is 19.0 Å². The van der Waals surface area contributed by atoms with Crippen LogP contribution in [0.15, 0.2) is 24.3 Å². The van der Waals surface area contributed by atoms with Gasteiger partial charge >= 0.3 is 0 Å². The first kappa shape index (κ1) is 15.0. The number of nitrogens with one attached hydrogen (secondary N) is 1. The van der Waals surface area contributed by atoms with E-state index in [-0.39, 0.29) is 13.1 Å². The van der Waals surface area contributed by atoms with E-state index in [0.717, 1.165) is 0 Å². The minimum Gasteiger partial charge on any atom is -0.351 e. The fourth-order valence-corrected chi connectivity index (χ4v) is 2.69. The standard InChI is InChI=1S/C15H17F3N4/c1-15(18)8-19-6-7-22(9-15)14-10-4-2-3-5-11(10)20-13(21-14)12(16)17/h2-5,12,19H,6-9H2,1H3. The highest BCUT2D eigenvalue weighted by atomic mass is 19.3. The van der Waals surface area contributed by atoms with Gasteiger partial charge in [-0.3, -0.25) is 0 Å². The van der Waals surface area contributed by atoms with Crippen molar-refractivity contribution < 1.29 is 13.2 Å². The zero-order chi connectivity index (χ0) is 15.7. The zero-order valence-electron chi connectivity index (χ0n) is 12.2. The maximum absolute atomic E-state index is 14.4. The molecule has 1 atom stereocenters. The Morgan fingerprint density at radius 3 is 2.82 bits per heavy atom. The van der Waals surface area contributed by atoms with E-state index in [4.69, 9.17) is 0 Å². The Morgan fingerprint density at radius 2 is 2.05 bits per heavy atom. The molecule has 118 valence electrons. The molecule has 1 saturated heterocycles. The first-order valence-electron chi connectivity index (χ1n) is 7.16. The molecule has 0 spiro atoms. The topological polar surface area (TPSA) is 41.0 Å². The van der Waals surface area contributed by atoms with Crippen molar-refractivity contribution >= 4 is 16.7 Å². The van der Waals surface area contributed by atoms with Crippen molar-refractivity contribution in [2.75, 3.05) is 31.1 Å². The van der Waals surface area contributed by atoms with Crippen LogP contribution >= 0.6 is 0 Å². The van der Waals surface area contributed by atoms with Gasteiger partial charge in [-0.2, -0.15) is 0 Å². The molecule has 2 heterocycles. The van der Waals surface area contributed by atoms with Gasteiger partial charge in [-0.1, -0.05) is 12.1 Å². The van der Waals surface area contributed by atoms with Crippen LogP contribution in [0.1, 0.15) is 19.2 Å². The van der Waals surface area contributed by atoms with Crippen LogP contribution in [0, 0.1) is 0 Å². The summed E-state index contributed by atoms with van der Waals surface area (Å²) in [4.78, 5) is 9.61. The van der Waals surface area contributed by atoms with Gasteiger partial charge in [-0.05, 0) is 19.1 Å². The monoisotopic (exact) mass is 310 g/mol. The fourth-order valence-electron chi connectivity index (χ4n) is 2.69. The summed E-state index contributed by atoms with van der Waals surface area (Å²) in [5, 5.41) is 3.67. The number of alkyl halides is 3. The van der Waals surface area contributed by atoms with Crippen molar-refractivity contribution in [1.82, 2.24) is 15.3 Å². The summed E-state index contributed by atoms with van der Waals surface area (Å²) in [6.45, 7) is 2.90. The van der Waals surface area contributed by atoms with Gasteiger partial charge in [-0.25, -0.2) is 23.1 Å². The second kappa shape index (κ2) is 5.72. The third-order valence-corrected chi connectivity index (χ3v) is 3.67. The minimum atomic E-state index is -2.76. The Labute approximate surface area is 126 Å². The highest BCUT2D eigenvalue weighted by molar-refractivity contribution is 5.89. The quantitative estimate of drug-likeness (QED) is 0.926. The lowest BCUT2D eigenvalue weighted by atomic mass is 10.1. The Balaban J connectivity index is 2.11. The SMILES string of the molecule is CC1(F)CNCCN(c2nc(C(F)F)nc3ccccc23)C1. The van der Waals surface area contributed by atoms with Crippen molar-refractivity contribution in [1.29, 1.82) is 0 Å². The molecule has 1 aliphatic rings. The molecule has 0 bridgehead atoms. The molecule has 1 N–H and O–H groups in total. The van der Waals surface area contributed by atoms with Gasteiger partial charge in [0.2, 0.25) is 0 Å². The van der Waals surface area contributed by atoms with Gasteiger partial charge in [0.15, 0.2) is 5.82 Å². The molecule has 7 heteroatoms. The lowest BCUT2D eigenvalue weighted by Crippen LogP contribution is -2.40. The lowest BCUT2D eigenvalue weighted by Gasteiger charge is -2.28. The van der Waals surface area contributed by atoms with Crippen molar-refractivity contribution in [3.63, 3.8) is 0 Å². The van der Waals surface area contributed by atoms with Gasteiger partial charge < -0.3 is 10.2 Å². The van der Waals surface area contributed by atoms with E-state index in [9.17, 15) is 13.2 Å². The van der Waals surface area contributed by atoms with Crippen LogP contribution < -0.4 is 10.2 Å². The zero-order valence-corrected chi connectivity index (χ0v) is 12.2. The summed E-state index contributed by atoms with van der Waals surface area (Å²) in [5.74, 6) is -0.153. The molecule has 22 heavy (non-hydrogen) atoms. The summed E-state index contributed by atoms with van der Waals surface area (Å²) < 4.78 is 40.5. The number of nitrogens with zero attached hydrogens (tertiary/aromatic N) is 3. The van der Waals surface area contributed by atoms with Crippen molar-refractivity contribution in [2.24, 2.45) is 0 Å². The fraction of sp³-hybridized carbons (Fsp3) is 0.467. The maximum atomic E-state index is 14.4. The van der Waals surface area contributed by atoms with Crippen LogP contribution in [0.25, 0.3) is 10.9 Å². The lowest BCUT2D eigenvalue weighted by molar-refractivity contribution is 0.141. The summed E-state index contributed by atoms with van der Waals surface area (Å²) in [5.41, 5.74) is -1.01. The van der Waals surface area contributed by atoms with E-state index in [1.807, 2.05) is 0 Å². The molecule has 1 aromatic heterocycles. The van der Waals surface area contributed by atoms with E-state index < -0.39 is 17.9 Å². The van der Waals surface area contributed by atoms with E-state index >= 15 is 0 Å². The van der Waals surface area contributed by atoms with Gasteiger partial charge in [0.05, 0.1) is 12.1 Å². The molecule has 1 fully saturated rings. The molecule has 0 amide bonds. The molecule has 1 unspecified atom stereocenters. The highest BCUT2D eigenvalue weighted by Gasteiger charge is 2.30. The molecule has 0 aliphatic carbocycles. The summed E-state index contributed by atoms with van der Waals surface area (Å²) >= 11 is 0. The smallest absolute Gasteiger partial charge is 0.297 e. The molecule has 0 radical (unpaired) electrons. The predicted molar refractivity (Wildman–Crippen MR) is 79.1 cm³/mol. The van der Waals surface area contributed by atoms with Crippen LogP contribution in [0.3, 0.4) is 0 Å². The summed E-state index contributed by atoms with van der Waals surface area (Å²) in [7, 11) is 0. The largest absolute Gasteiger partial charge is 0.351 e. The first-order valence-corrected chi connectivity index (χ1v) is 7.16. The predicted octanol–water partition coefficient (Wildman–Crippen LogP) is 2.71. The number of hydrogen-bond acceptors (Lipinski definition) is 4. The van der Waals surface area contributed by atoms with Crippen LogP contribution in [0.2, 0.25) is 0 Å². The molecule has 2 aromatic rings. The van der Waals surface area contributed by atoms with Crippen LogP contribution in [0.4, 0.5) is 19.0 Å². The summed E-state index contributed by atoms with van der Waals surface area (Å²) in [6, 6.07) is 6.96. The number of aromatic nitrogens is 2. The van der Waals surface area contributed by atoms with Gasteiger partial charge in [0.25, 0.3) is 6.43 Å². The average Bonchev–Trinajstić information content (AvgIpc) is 2.66. The molecular formula is C15H17F3N4. The average molecular weight is 310 g/mol. The molecular weight excluding hydrogens is 293 g/mol. The molecule has 4 nitrogen and oxygen atoms in total. The molecule has 1 aromatic carbocycles. The molecule has 1 aliphatic heterocycles. The third-order valence-electron chi connectivity index (χ3n) is 3.67. The second-order valence-corrected chi connectivity index (χ2v) is 5.73.